The first-order valence-electron chi connectivity index (χ1n) is 13.5. The summed E-state index contributed by atoms with van der Waals surface area (Å²) in [5.41, 5.74) is -0.889. The Bertz CT molecular complexity index is 1070. The molecule has 0 aliphatic heterocycles. The van der Waals surface area contributed by atoms with E-state index in [9.17, 15) is 22.8 Å². The van der Waals surface area contributed by atoms with Gasteiger partial charge in [0.15, 0.2) is 0 Å². The Morgan fingerprint density at radius 1 is 0.900 bits per heavy atom. The van der Waals surface area contributed by atoms with E-state index in [0.29, 0.717) is 31.5 Å². The lowest BCUT2D eigenvalue weighted by Crippen LogP contribution is -2.45. The Kier molecular flexibility index (Phi) is 13.4. The van der Waals surface area contributed by atoms with Crippen LogP contribution in [0.25, 0.3) is 0 Å². The summed E-state index contributed by atoms with van der Waals surface area (Å²) >= 11 is 0. The molecule has 1 atom stereocenters. The zero-order chi connectivity index (χ0) is 30.7. The molecule has 12 heteroatoms. The summed E-state index contributed by atoms with van der Waals surface area (Å²) in [6.45, 7) is 16.1. The molecule has 11 nitrogen and oxygen atoms in total. The molecule has 0 saturated heterocycles. The zero-order valence-electron chi connectivity index (χ0n) is 25.3. The predicted molar refractivity (Wildman–Crippen MR) is 154 cm³/mol. The maximum atomic E-state index is 13.8. The fourth-order valence-corrected chi connectivity index (χ4v) is 5.41. The molecule has 0 spiro atoms. The molecule has 0 saturated carbocycles. The Morgan fingerprint density at radius 2 is 1.45 bits per heavy atom. The molecule has 1 rings (SSSR count). The van der Waals surface area contributed by atoms with E-state index in [1.165, 1.54) is 35.5 Å². The Labute approximate surface area is 239 Å². The van der Waals surface area contributed by atoms with E-state index in [-0.39, 0.29) is 24.0 Å². The number of ether oxygens (including phenoxy) is 3. The van der Waals surface area contributed by atoms with Crippen LogP contribution in [0, 0.1) is 5.92 Å². The molecule has 0 aromatic heterocycles. The third kappa shape index (κ3) is 14.0. The van der Waals surface area contributed by atoms with Crippen molar-refractivity contribution in [1.82, 2.24) is 9.62 Å². The summed E-state index contributed by atoms with van der Waals surface area (Å²) in [6.07, 6.45) is 0.402. The minimum atomic E-state index is -3.99. The van der Waals surface area contributed by atoms with Crippen LogP contribution in [0.1, 0.15) is 81.6 Å². The smallest absolute Gasteiger partial charge is 0.412 e. The van der Waals surface area contributed by atoms with E-state index in [4.69, 9.17) is 14.2 Å². The molecule has 0 aliphatic rings. The van der Waals surface area contributed by atoms with Crippen molar-refractivity contribution in [3.8, 4) is 0 Å². The summed E-state index contributed by atoms with van der Waals surface area (Å²) in [6, 6.07) is 5.21. The number of nitrogens with zero attached hydrogens (tertiary/aromatic N) is 1. The first-order chi connectivity index (χ1) is 18.3. The number of hydrogen-bond acceptors (Lipinski definition) is 8. The van der Waals surface area contributed by atoms with Gasteiger partial charge in [0.1, 0.15) is 17.8 Å². The van der Waals surface area contributed by atoms with Crippen LogP contribution in [-0.4, -0.2) is 67.8 Å². The first-order valence-corrected chi connectivity index (χ1v) is 15.0. The highest BCUT2D eigenvalue weighted by Crippen LogP contribution is 2.25. The van der Waals surface area contributed by atoms with E-state index < -0.39 is 45.4 Å². The van der Waals surface area contributed by atoms with Crippen LogP contribution in [0.5, 0.6) is 0 Å². The second-order valence-electron chi connectivity index (χ2n) is 12.0. The number of nitrogens with one attached hydrogen (secondary N) is 2. The molecule has 0 fully saturated rings. The number of carbonyl (C=O) groups is 3. The molecule has 0 bridgehead atoms. The summed E-state index contributed by atoms with van der Waals surface area (Å²) in [7, 11) is -3.99. The molecular weight excluding hydrogens is 538 g/mol. The summed E-state index contributed by atoms with van der Waals surface area (Å²) in [4.78, 5) is 35.6. The third-order valence-electron chi connectivity index (χ3n) is 5.17. The number of carbonyl (C=O) groups excluding carboxylic acids is 3. The van der Waals surface area contributed by atoms with Crippen molar-refractivity contribution in [2.24, 2.45) is 5.92 Å². The van der Waals surface area contributed by atoms with Gasteiger partial charge in [-0.25, -0.2) is 18.0 Å². The Balaban J connectivity index is 3.04. The minimum absolute atomic E-state index is 0.00320. The summed E-state index contributed by atoms with van der Waals surface area (Å²) in [5, 5.41) is 5.28. The lowest BCUT2D eigenvalue weighted by Gasteiger charge is -2.32. The quantitative estimate of drug-likeness (QED) is 0.180. The number of rotatable bonds is 13. The highest BCUT2D eigenvalue weighted by Gasteiger charge is 2.32. The molecule has 0 radical (unpaired) electrons. The average Bonchev–Trinajstić information content (AvgIpc) is 2.77. The van der Waals surface area contributed by atoms with Crippen LogP contribution in [0.3, 0.4) is 0 Å². The average molecular weight is 586 g/mol. The largest absolute Gasteiger partial charge is 0.464 e. The number of esters is 1. The number of unbranched alkanes of at least 4 members (excludes halogenated alkanes) is 1. The number of benzene rings is 1. The molecule has 40 heavy (non-hydrogen) atoms. The number of amides is 2. The Morgan fingerprint density at radius 3 is 1.95 bits per heavy atom. The number of sulfonamides is 1. The zero-order valence-corrected chi connectivity index (χ0v) is 26.1. The lowest BCUT2D eigenvalue weighted by atomic mass is 10.1. The van der Waals surface area contributed by atoms with Crippen molar-refractivity contribution in [3.05, 3.63) is 24.3 Å². The monoisotopic (exact) mass is 585 g/mol. The van der Waals surface area contributed by atoms with Gasteiger partial charge in [-0.15, -0.1) is 0 Å². The van der Waals surface area contributed by atoms with Gasteiger partial charge in [0.05, 0.1) is 10.9 Å². The summed E-state index contributed by atoms with van der Waals surface area (Å²) < 4.78 is 44.7. The molecule has 0 aliphatic carbocycles. The maximum absolute atomic E-state index is 13.8. The van der Waals surface area contributed by atoms with Gasteiger partial charge in [0, 0.05) is 25.7 Å². The number of anilines is 1. The van der Waals surface area contributed by atoms with Gasteiger partial charge >= 0.3 is 18.2 Å². The molecule has 1 aromatic carbocycles. The maximum Gasteiger partial charge on any atom is 0.412 e. The number of alkyl carbamates (subject to hydrolysis) is 1. The Hall–Kier alpha value is -2.86. The van der Waals surface area contributed by atoms with Gasteiger partial charge in [-0.1, -0.05) is 13.8 Å². The van der Waals surface area contributed by atoms with Crippen molar-refractivity contribution in [2.75, 3.05) is 25.0 Å². The van der Waals surface area contributed by atoms with Crippen molar-refractivity contribution < 1.29 is 37.0 Å². The van der Waals surface area contributed by atoms with Crippen LogP contribution in [0.4, 0.5) is 15.3 Å². The first kappa shape index (κ1) is 35.2. The standard InChI is InChI=1S/C28H47N3O8S/c1-20(2)18-31(23(19-37-21(3)32)12-10-11-17-29-25(33)38-27(4,5)6)40(35,36)24-15-13-22(14-16-24)30-26(34)39-28(7,8)9/h13-16,20,23H,10-12,17-19H2,1-9H3,(H,29,33)(H,30,34)/t23-/m0/s1. The van der Waals surface area contributed by atoms with Crippen LogP contribution >= 0.6 is 0 Å². The van der Waals surface area contributed by atoms with Gasteiger partial charge in [-0.3, -0.25) is 10.1 Å². The van der Waals surface area contributed by atoms with E-state index in [2.05, 4.69) is 10.6 Å². The third-order valence-corrected chi connectivity index (χ3v) is 7.10. The molecule has 0 unspecified atom stereocenters. The van der Waals surface area contributed by atoms with Crippen LogP contribution < -0.4 is 10.6 Å². The predicted octanol–water partition coefficient (Wildman–Crippen LogP) is 5.31. The topological polar surface area (TPSA) is 140 Å². The van der Waals surface area contributed by atoms with Crippen molar-refractivity contribution in [3.63, 3.8) is 0 Å². The fourth-order valence-electron chi connectivity index (χ4n) is 3.60. The molecular formula is C28H47N3O8S. The number of hydrogen-bond donors (Lipinski definition) is 2. The second kappa shape index (κ2) is 15.2. The molecule has 2 N–H and O–H groups in total. The van der Waals surface area contributed by atoms with Gasteiger partial charge in [-0.2, -0.15) is 4.31 Å². The van der Waals surface area contributed by atoms with E-state index in [0.717, 1.165) is 0 Å². The minimum Gasteiger partial charge on any atom is -0.464 e. The van der Waals surface area contributed by atoms with E-state index in [1.54, 1.807) is 41.5 Å². The highest BCUT2D eigenvalue weighted by molar-refractivity contribution is 7.89. The van der Waals surface area contributed by atoms with E-state index in [1.807, 2.05) is 13.8 Å². The van der Waals surface area contributed by atoms with E-state index >= 15 is 0 Å². The summed E-state index contributed by atoms with van der Waals surface area (Å²) in [5.74, 6) is -0.507. The van der Waals surface area contributed by atoms with Gasteiger partial charge in [0.25, 0.3) is 0 Å². The molecule has 2 amide bonds. The van der Waals surface area contributed by atoms with Crippen LogP contribution in [0.2, 0.25) is 0 Å². The molecule has 228 valence electrons. The second-order valence-corrected chi connectivity index (χ2v) is 13.9. The van der Waals surface area contributed by atoms with Crippen molar-refractivity contribution in [2.45, 2.75) is 104 Å². The molecule has 0 heterocycles. The normalized spacial score (nSPS) is 13.1. The van der Waals surface area contributed by atoms with Crippen molar-refractivity contribution >= 4 is 33.9 Å². The van der Waals surface area contributed by atoms with Gasteiger partial charge in [-0.05, 0) is 91.0 Å². The SMILES string of the molecule is CC(=O)OC[C@H](CCCCNC(=O)OC(C)(C)C)N(CC(C)C)S(=O)(=O)c1ccc(NC(=O)OC(C)(C)C)cc1. The van der Waals surface area contributed by atoms with Gasteiger partial charge < -0.3 is 19.5 Å². The van der Waals surface area contributed by atoms with Crippen molar-refractivity contribution in [1.29, 1.82) is 0 Å². The highest BCUT2D eigenvalue weighted by atomic mass is 32.2. The van der Waals surface area contributed by atoms with Crippen LogP contribution in [0.15, 0.2) is 29.2 Å². The van der Waals surface area contributed by atoms with Gasteiger partial charge in [0.2, 0.25) is 10.0 Å². The molecule has 1 aromatic rings. The fraction of sp³-hybridized carbons (Fsp3) is 0.679. The lowest BCUT2D eigenvalue weighted by molar-refractivity contribution is -0.142. The van der Waals surface area contributed by atoms with Crippen LogP contribution in [-0.2, 0) is 29.0 Å².